The van der Waals surface area contributed by atoms with Crippen LogP contribution in [0.2, 0.25) is 0 Å². The van der Waals surface area contributed by atoms with Crippen LogP contribution in [-0.2, 0) is 11.2 Å². The maximum Gasteiger partial charge on any atom is 0.331 e. The molecule has 3 aromatic rings. The molecule has 4 amide bonds. The van der Waals surface area contributed by atoms with E-state index in [2.05, 4.69) is 46.3 Å². The predicted octanol–water partition coefficient (Wildman–Crippen LogP) is 3.19. The molecule has 0 aromatic carbocycles. The van der Waals surface area contributed by atoms with E-state index in [-0.39, 0.29) is 40.9 Å². The van der Waals surface area contributed by atoms with Crippen molar-refractivity contribution in [1.82, 2.24) is 20.6 Å². The minimum Gasteiger partial charge on any atom is -0.412 e. The Morgan fingerprint density at radius 2 is 1.92 bits per heavy atom. The van der Waals surface area contributed by atoms with Crippen LogP contribution < -0.4 is 20.9 Å². The number of aromatic nitrogens is 2. The van der Waals surface area contributed by atoms with E-state index in [4.69, 9.17) is 0 Å². The summed E-state index contributed by atoms with van der Waals surface area (Å²) < 4.78 is 0. The molecule has 11 nitrogen and oxygen atoms in total. The van der Waals surface area contributed by atoms with Crippen LogP contribution in [0.15, 0.2) is 37.2 Å². The van der Waals surface area contributed by atoms with Crippen molar-refractivity contribution in [2.45, 2.75) is 58.5 Å². The smallest absolute Gasteiger partial charge is 0.331 e. The molecule has 39 heavy (non-hydrogen) atoms. The number of nitrogens with one attached hydrogen (secondary N) is 3. The standard InChI is InChI=1S/C27H30N6O3S.2H2O/c1-5-21(34)30-17-7-6-8-18(17)31-25(35)24-23-22-19(9-10-28-26(22)37-24)33(27(36)32-23)20-13-29-16(11-14(2)3)12-15(20)4;;/h5,9-10,12-14,17-18H,1,6-8,11H2,2-4H3,(H,30,34)(H,31,35)(H,32,36);2*1H2/t17-,18+;;/m0../s1. The molecule has 0 bridgehead atoms. The van der Waals surface area contributed by atoms with Gasteiger partial charge < -0.3 is 26.9 Å². The summed E-state index contributed by atoms with van der Waals surface area (Å²) >= 11 is 1.24. The van der Waals surface area contributed by atoms with E-state index in [9.17, 15) is 14.4 Å². The highest BCUT2D eigenvalue weighted by Crippen LogP contribution is 2.46. The molecule has 7 N–H and O–H groups in total. The highest BCUT2D eigenvalue weighted by molar-refractivity contribution is 7.21. The minimum atomic E-state index is -0.356. The molecule has 1 aliphatic carbocycles. The number of hydrogen-bond donors (Lipinski definition) is 3. The first-order valence-corrected chi connectivity index (χ1v) is 13.3. The molecule has 1 aliphatic heterocycles. The molecule has 3 aromatic heterocycles. The number of pyridine rings is 2. The zero-order chi connectivity index (χ0) is 26.3. The van der Waals surface area contributed by atoms with Crippen molar-refractivity contribution >= 4 is 56.5 Å². The fraction of sp³-hybridized carbons (Fsp3) is 0.370. The second kappa shape index (κ2) is 11.9. The van der Waals surface area contributed by atoms with E-state index in [0.29, 0.717) is 32.7 Å². The number of carbonyl (C=O) groups excluding carboxylic acids is 3. The maximum absolute atomic E-state index is 13.4. The number of aryl methyl sites for hydroxylation is 1. The molecule has 5 rings (SSSR count). The van der Waals surface area contributed by atoms with E-state index in [1.807, 2.05) is 13.0 Å². The Balaban J connectivity index is 0.00000210. The lowest BCUT2D eigenvalue weighted by Crippen LogP contribution is -2.48. The quantitative estimate of drug-likeness (QED) is 0.379. The third-order valence-electron chi connectivity index (χ3n) is 6.80. The normalized spacial score (nSPS) is 17.7. The number of anilines is 3. The third-order valence-corrected chi connectivity index (χ3v) is 7.89. The fourth-order valence-electron chi connectivity index (χ4n) is 5.14. The van der Waals surface area contributed by atoms with Crippen molar-refractivity contribution in [3.63, 3.8) is 0 Å². The lowest BCUT2D eigenvalue weighted by atomic mass is 10.0. The Bertz CT molecular complexity index is 1420. The van der Waals surface area contributed by atoms with Gasteiger partial charge in [0.15, 0.2) is 0 Å². The van der Waals surface area contributed by atoms with Crippen LogP contribution in [0.3, 0.4) is 0 Å². The van der Waals surface area contributed by atoms with E-state index in [0.717, 1.165) is 42.3 Å². The first kappa shape index (κ1) is 29.7. The number of rotatable bonds is 7. The van der Waals surface area contributed by atoms with Gasteiger partial charge in [0, 0.05) is 24.0 Å². The number of thiophene rings is 1. The number of carbonyl (C=O) groups is 3. The Morgan fingerprint density at radius 3 is 2.59 bits per heavy atom. The van der Waals surface area contributed by atoms with Gasteiger partial charge in [0.1, 0.15) is 9.71 Å². The zero-order valence-electron chi connectivity index (χ0n) is 22.1. The summed E-state index contributed by atoms with van der Waals surface area (Å²) in [5.41, 5.74) is 3.74. The fourth-order valence-corrected chi connectivity index (χ4v) is 6.16. The molecule has 1 fully saturated rings. The first-order chi connectivity index (χ1) is 17.8. The highest BCUT2D eigenvalue weighted by atomic mass is 32.1. The van der Waals surface area contributed by atoms with Gasteiger partial charge in [-0.15, -0.1) is 11.3 Å². The zero-order valence-corrected chi connectivity index (χ0v) is 22.9. The minimum absolute atomic E-state index is 0. The SMILES string of the molecule is C=CC(=O)N[C@H]1CCC[C@H]1NC(=O)c1sc2nccc3c2c1NC(=O)N3c1cnc(CC(C)C)cc1C.O.O. The number of hydrogen-bond acceptors (Lipinski definition) is 6. The van der Waals surface area contributed by atoms with Gasteiger partial charge in [-0.2, -0.15) is 0 Å². The average Bonchev–Trinajstić information content (AvgIpc) is 3.44. The van der Waals surface area contributed by atoms with Crippen molar-refractivity contribution in [2.75, 3.05) is 10.2 Å². The number of urea groups is 1. The largest absolute Gasteiger partial charge is 0.412 e. The molecule has 2 aliphatic rings. The maximum atomic E-state index is 13.4. The second-order valence-corrected chi connectivity index (χ2v) is 11.0. The monoisotopic (exact) mass is 554 g/mol. The summed E-state index contributed by atoms with van der Waals surface area (Å²) in [6.07, 6.45) is 7.92. The predicted molar refractivity (Wildman–Crippen MR) is 153 cm³/mol. The Kier molecular flexibility index (Phi) is 9.05. The van der Waals surface area contributed by atoms with Crippen molar-refractivity contribution in [3.05, 3.63) is 53.3 Å². The molecule has 1 saturated carbocycles. The molecule has 4 heterocycles. The van der Waals surface area contributed by atoms with Gasteiger partial charge in [-0.25, -0.2) is 9.78 Å². The summed E-state index contributed by atoms with van der Waals surface area (Å²) in [6.45, 7) is 9.76. The van der Waals surface area contributed by atoms with Crippen LogP contribution in [-0.4, -0.2) is 50.8 Å². The van der Waals surface area contributed by atoms with Crippen molar-refractivity contribution in [3.8, 4) is 0 Å². The van der Waals surface area contributed by atoms with Crippen molar-refractivity contribution in [2.24, 2.45) is 5.92 Å². The van der Waals surface area contributed by atoms with Crippen LogP contribution in [0.5, 0.6) is 0 Å². The van der Waals surface area contributed by atoms with Gasteiger partial charge in [0.2, 0.25) is 5.91 Å². The molecule has 0 saturated heterocycles. The summed E-state index contributed by atoms with van der Waals surface area (Å²) in [6, 6.07) is 3.10. The Morgan fingerprint density at radius 1 is 1.21 bits per heavy atom. The molecule has 2 atom stereocenters. The van der Waals surface area contributed by atoms with Gasteiger partial charge in [0.25, 0.3) is 5.91 Å². The topological polar surface area (TPSA) is 179 Å². The number of amides is 4. The second-order valence-electron chi connectivity index (χ2n) is 9.97. The molecule has 12 heteroatoms. The molecular formula is C27H34N6O5S. The van der Waals surface area contributed by atoms with Crippen molar-refractivity contribution < 1.29 is 25.3 Å². The third kappa shape index (κ3) is 5.63. The molecule has 0 radical (unpaired) electrons. The summed E-state index contributed by atoms with van der Waals surface area (Å²) in [5.74, 6) is -0.0729. The lowest BCUT2D eigenvalue weighted by molar-refractivity contribution is -0.117. The van der Waals surface area contributed by atoms with Gasteiger partial charge in [-0.05, 0) is 62.3 Å². The molecular weight excluding hydrogens is 520 g/mol. The number of nitrogens with zero attached hydrogens (tertiary/aromatic N) is 3. The van der Waals surface area contributed by atoms with Crippen LogP contribution in [0, 0.1) is 12.8 Å². The molecule has 0 unspecified atom stereocenters. The first-order valence-electron chi connectivity index (χ1n) is 12.5. The Labute approximate surface area is 230 Å². The van der Waals surface area contributed by atoms with Gasteiger partial charge in [-0.1, -0.05) is 20.4 Å². The summed E-state index contributed by atoms with van der Waals surface area (Å²) in [7, 11) is 0. The van der Waals surface area contributed by atoms with E-state index < -0.39 is 0 Å². The van der Waals surface area contributed by atoms with Crippen molar-refractivity contribution in [1.29, 1.82) is 0 Å². The van der Waals surface area contributed by atoms with E-state index in [1.165, 1.54) is 17.4 Å². The lowest BCUT2D eigenvalue weighted by Gasteiger charge is -2.29. The van der Waals surface area contributed by atoms with Crippen LogP contribution in [0.4, 0.5) is 21.9 Å². The summed E-state index contributed by atoms with van der Waals surface area (Å²) in [5, 5.41) is 9.63. The highest BCUT2D eigenvalue weighted by Gasteiger charge is 2.35. The van der Waals surface area contributed by atoms with E-state index in [1.54, 1.807) is 23.4 Å². The van der Waals surface area contributed by atoms with Crippen LogP contribution in [0.25, 0.3) is 10.2 Å². The van der Waals surface area contributed by atoms with Crippen LogP contribution >= 0.6 is 11.3 Å². The van der Waals surface area contributed by atoms with Gasteiger partial charge in [0.05, 0.1) is 28.6 Å². The van der Waals surface area contributed by atoms with Crippen LogP contribution in [0.1, 0.15) is 54.0 Å². The van der Waals surface area contributed by atoms with E-state index >= 15 is 0 Å². The Hall–Kier alpha value is -3.87. The van der Waals surface area contributed by atoms with Gasteiger partial charge in [-0.3, -0.25) is 19.5 Å². The molecule has 208 valence electrons. The molecule has 0 spiro atoms. The van der Waals surface area contributed by atoms with Gasteiger partial charge >= 0.3 is 6.03 Å². The summed E-state index contributed by atoms with van der Waals surface area (Å²) in [4.78, 5) is 50.3. The average molecular weight is 555 g/mol.